The topological polar surface area (TPSA) is 68.7 Å². The summed E-state index contributed by atoms with van der Waals surface area (Å²) in [6.07, 6.45) is 0. The Morgan fingerprint density at radius 3 is 2.15 bits per heavy atom. The van der Waals surface area contributed by atoms with E-state index in [-0.39, 0.29) is 6.79 Å². The van der Waals surface area contributed by atoms with Crippen molar-refractivity contribution in [2.75, 3.05) is 6.79 Å². The highest BCUT2D eigenvalue weighted by atomic mass is 16.7. The monoisotopic (exact) mass is 445 g/mol. The molecule has 0 aliphatic carbocycles. The minimum absolute atomic E-state index is 0.231. The maximum absolute atomic E-state index is 6.20. The molecule has 0 radical (unpaired) electrons. The summed E-state index contributed by atoms with van der Waals surface area (Å²) < 4.78 is 17.2. The molecule has 6 heteroatoms. The van der Waals surface area contributed by atoms with E-state index in [9.17, 15) is 0 Å². The van der Waals surface area contributed by atoms with E-state index in [0.29, 0.717) is 11.5 Å². The fourth-order valence-electron chi connectivity index (χ4n) is 3.74. The molecule has 6 nitrogen and oxygen atoms in total. The Balaban J connectivity index is 1.38. The Labute approximate surface area is 195 Å². The van der Waals surface area contributed by atoms with E-state index in [1.54, 1.807) is 0 Å². The Morgan fingerprint density at radius 1 is 0.588 bits per heavy atom. The van der Waals surface area contributed by atoms with Gasteiger partial charge in [0.1, 0.15) is 11.3 Å². The number of ether oxygens (including phenoxy) is 2. The van der Waals surface area contributed by atoms with Gasteiger partial charge in [-0.15, -0.1) is 0 Å². The summed E-state index contributed by atoms with van der Waals surface area (Å²) >= 11 is 0. The Hall–Kier alpha value is -4.71. The van der Waals surface area contributed by atoms with Crippen LogP contribution in [0.2, 0.25) is 0 Å². The average Bonchev–Trinajstić information content (AvgIpc) is 3.37. The lowest BCUT2D eigenvalue weighted by Crippen LogP contribution is -2.03. The first-order chi connectivity index (χ1) is 16.8. The molecule has 0 saturated heterocycles. The van der Waals surface area contributed by atoms with Gasteiger partial charge in [0.15, 0.2) is 11.5 Å². The quantitative estimate of drug-likeness (QED) is 0.269. The van der Waals surface area contributed by atoms with Crippen molar-refractivity contribution < 1.29 is 13.9 Å². The number of azo groups is 1. The van der Waals surface area contributed by atoms with E-state index in [4.69, 9.17) is 18.9 Å². The molecule has 4 aromatic carbocycles. The highest BCUT2D eigenvalue weighted by Crippen LogP contribution is 2.36. The Morgan fingerprint density at radius 2 is 1.29 bits per heavy atom. The first-order valence-corrected chi connectivity index (χ1v) is 10.9. The van der Waals surface area contributed by atoms with Gasteiger partial charge in [-0.3, -0.25) is 0 Å². The molecule has 0 unspecified atom stereocenters. The van der Waals surface area contributed by atoms with Gasteiger partial charge in [0.2, 0.25) is 6.79 Å². The largest absolute Gasteiger partial charge is 0.456 e. The predicted molar refractivity (Wildman–Crippen MR) is 130 cm³/mol. The lowest BCUT2D eigenvalue weighted by Gasteiger charge is -2.06. The van der Waals surface area contributed by atoms with Gasteiger partial charge in [0.25, 0.3) is 0 Å². The Kier molecular flexibility index (Phi) is 5.09. The highest BCUT2D eigenvalue weighted by Gasteiger charge is 2.15. The van der Waals surface area contributed by atoms with Crippen LogP contribution in [0.15, 0.2) is 123 Å². The van der Waals surface area contributed by atoms with Crippen molar-refractivity contribution >= 4 is 28.0 Å². The normalized spacial score (nSPS) is 13.1. The second-order valence-corrected chi connectivity index (χ2v) is 7.72. The van der Waals surface area contributed by atoms with E-state index < -0.39 is 0 Å². The first kappa shape index (κ1) is 19.9. The van der Waals surface area contributed by atoms with Crippen molar-refractivity contribution in [3.8, 4) is 22.8 Å². The summed E-state index contributed by atoms with van der Waals surface area (Å²) in [6.45, 7) is 0.231. The van der Waals surface area contributed by atoms with Crippen LogP contribution in [0.3, 0.4) is 0 Å². The minimum Gasteiger partial charge on any atom is -0.456 e. The van der Waals surface area contributed by atoms with Gasteiger partial charge in [-0.05, 0) is 66.7 Å². The molecule has 164 valence electrons. The summed E-state index contributed by atoms with van der Waals surface area (Å²) in [5.41, 5.74) is 4.03. The number of para-hydroxylation sites is 1. The SMILES string of the molecule is c1ccc(N=Nc2ccc(N=c3cc(-c4ccc5c(c4)OCO5)oc4ccccc34)cc2)cc1. The zero-order valence-electron chi connectivity index (χ0n) is 18.1. The van der Waals surface area contributed by atoms with Crippen LogP contribution in [0.1, 0.15) is 0 Å². The number of hydrogen-bond donors (Lipinski definition) is 0. The molecular formula is C28H19N3O3. The summed E-state index contributed by atoms with van der Waals surface area (Å²) in [4.78, 5) is 4.90. The number of rotatable bonds is 4. The van der Waals surface area contributed by atoms with Crippen molar-refractivity contribution in [1.82, 2.24) is 0 Å². The molecule has 0 spiro atoms. The molecule has 1 aliphatic heterocycles. The van der Waals surface area contributed by atoms with Gasteiger partial charge >= 0.3 is 0 Å². The van der Waals surface area contributed by atoms with Crippen molar-refractivity contribution in [2.24, 2.45) is 15.2 Å². The molecule has 6 rings (SSSR count). The van der Waals surface area contributed by atoms with E-state index in [1.165, 1.54) is 0 Å². The second kappa shape index (κ2) is 8.67. The van der Waals surface area contributed by atoms with E-state index in [1.807, 2.05) is 103 Å². The van der Waals surface area contributed by atoms with E-state index in [2.05, 4.69) is 10.2 Å². The van der Waals surface area contributed by atoms with E-state index in [0.717, 1.165) is 44.7 Å². The molecule has 0 N–H and O–H groups in total. The molecule has 0 fully saturated rings. The highest BCUT2D eigenvalue weighted by molar-refractivity contribution is 5.79. The zero-order valence-corrected chi connectivity index (χ0v) is 18.1. The van der Waals surface area contributed by atoms with Gasteiger partial charge in [-0.25, -0.2) is 4.99 Å². The summed E-state index contributed by atoms with van der Waals surface area (Å²) in [5.74, 6) is 2.14. The van der Waals surface area contributed by atoms with Crippen LogP contribution >= 0.6 is 0 Å². The fourth-order valence-corrected chi connectivity index (χ4v) is 3.74. The number of hydrogen-bond acceptors (Lipinski definition) is 6. The number of fused-ring (bicyclic) bond motifs is 2. The molecule has 5 aromatic rings. The van der Waals surface area contributed by atoms with Crippen LogP contribution in [-0.4, -0.2) is 6.79 Å². The maximum Gasteiger partial charge on any atom is 0.231 e. The molecule has 1 aromatic heterocycles. The fraction of sp³-hybridized carbons (Fsp3) is 0.0357. The molecule has 2 heterocycles. The average molecular weight is 445 g/mol. The lowest BCUT2D eigenvalue weighted by molar-refractivity contribution is 0.174. The lowest BCUT2D eigenvalue weighted by atomic mass is 10.1. The molecule has 0 atom stereocenters. The van der Waals surface area contributed by atoms with Crippen LogP contribution in [0.25, 0.3) is 22.3 Å². The zero-order chi connectivity index (χ0) is 22.7. The molecule has 1 aliphatic rings. The number of nitrogens with zero attached hydrogens (tertiary/aromatic N) is 3. The molecular weight excluding hydrogens is 426 g/mol. The van der Waals surface area contributed by atoms with Crippen LogP contribution in [0.5, 0.6) is 11.5 Å². The third-order valence-corrected chi connectivity index (χ3v) is 5.44. The second-order valence-electron chi connectivity index (χ2n) is 7.72. The number of benzene rings is 4. The predicted octanol–water partition coefficient (Wildman–Crippen LogP) is 7.48. The molecule has 34 heavy (non-hydrogen) atoms. The molecule has 0 bridgehead atoms. The summed E-state index contributed by atoms with van der Waals surface area (Å²) in [5, 5.41) is 10.3. The summed E-state index contributed by atoms with van der Waals surface area (Å²) in [6, 6.07) is 32.9. The smallest absolute Gasteiger partial charge is 0.231 e. The van der Waals surface area contributed by atoms with E-state index >= 15 is 0 Å². The van der Waals surface area contributed by atoms with Crippen LogP contribution < -0.4 is 14.8 Å². The van der Waals surface area contributed by atoms with Gasteiger partial charge in [0.05, 0.1) is 22.4 Å². The third kappa shape index (κ3) is 4.04. The van der Waals surface area contributed by atoms with Gasteiger partial charge < -0.3 is 13.9 Å². The van der Waals surface area contributed by atoms with Gasteiger partial charge in [0, 0.05) is 17.0 Å². The van der Waals surface area contributed by atoms with Crippen molar-refractivity contribution in [3.63, 3.8) is 0 Å². The molecule has 0 amide bonds. The minimum atomic E-state index is 0.231. The van der Waals surface area contributed by atoms with Crippen molar-refractivity contribution in [1.29, 1.82) is 0 Å². The van der Waals surface area contributed by atoms with Gasteiger partial charge in [-0.1, -0.05) is 30.3 Å². The third-order valence-electron chi connectivity index (χ3n) is 5.44. The van der Waals surface area contributed by atoms with Crippen LogP contribution in [-0.2, 0) is 0 Å². The van der Waals surface area contributed by atoms with Crippen LogP contribution in [0.4, 0.5) is 17.1 Å². The Bertz CT molecular complexity index is 1570. The molecule has 0 saturated carbocycles. The van der Waals surface area contributed by atoms with Crippen LogP contribution in [0, 0.1) is 0 Å². The maximum atomic E-state index is 6.20. The van der Waals surface area contributed by atoms with Crippen molar-refractivity contribution in [3.05, 3.63) is 108 Å². The van der Waals surface area contributed by atoms with Crippen molar-refractivity contribution in [2.45, 2.75) is 0 Å². The summed E-state index contributed by atoms with van der Waals surface area (Å²) in [7, 11) is 0. The standard InChI is InChI=1S/C28H19N3O3/c1-2-6-21(7-3-1)30-31-22-13-11-20(12-14-22)29-24-17-27(34-25-9-5-4-8-23(24)25)19-10-15-26-28(16-19)33-18-32-26/h1-17H,18H2. The van der Waals surface area contributed by atoms with Gasteiger partial charge in [-0.2, -0.15) is 10.2 Å². The first-order valence-electron chi connectivity index (χ1n) is 10.9.